The topological polar surface area (TPSA) is 20.3 Å². The summed E-state index contributed by atoms with van der Waals surface area (Å²) in [6.45, 7) is 8.02. The van der Waals surface area contributed by atoms with Crippen molar-refractivity contribution < 1.29 is 9.18 Å². The second-order valence-corrected chi connectivity index (χ2v) is 5.38. The van der Waals surface area contributed by atoms with Gasteiger partial charge in [-0.05, 0) is 43.9 Å². The second kappa shape index (κ2) is 5.98. The van der Waals surface area contributed by atoms with Crippen LogP contribution in [0.15, 0.2) is 18.2 Å². The maximum atomic E-state index is 13.7. The molecule has 1 amide bonds. The van der Waals surface area contributed by atoms with Crippen molar-refractivity contribution in [2.45, 2.75) is 40.2 Å². The van der Waals surface area contributed by atoms with Crippen molar-refractivity contribution >= 4 is 5.91 Å². The molecule has 0 bridgehead atoms. The van der Waals surface area contributed by atoms with Crippen LogP contribution < -0.4 is 0 Å². The van der Waals surface area contributed by atoms with Gasteiger partial charge in [-0.15, -0.1) is 0 Å². The van der Waals surface area contributed by atoms with Crippen LogP contribution in [-0.2, 0) is 0 Å². The molecule has 0 aromatic heterocycles. The van der Waals surface area contributed by atoms with Gasteiger partial charge in [0.05, 0.1) is 5.56 Å². The van der Waals surface area contributed by atoms with E-state index in [2.05, 4.69) is 13.8 Å². The number of halogens is 1. The van der Waals surface area contributed by atoms with E-state index in [0.29, 0.717) is 5.92 Å². The number of amides is 1. The molecule has 1 rings (SSSR count). The highest BCUT2D eigenvalue weighted by atomic mass is 19.1. The highest BCUT2D eigenvalue weighted by Gasteiger charge is 2.20. The van der Waals surface area contributed by atoms with Crippen molar-refractivity contribution in [3.63, 3.8) is 0 Å². The third-order valence-electron chi connectivity index (χ3n) is 3.15. The van der Waals surface area contributed by atoms with E-state index < -0.39 is 5.82 Å². The van der Waals surface area contributed by atoms with Crippen LogP contribution in [0.4, 0.5) is 4.39 Å². The quantitative estimate of drug-likeness (QED) is 0.800. The molecule has 0 aliphatic carbocycles. The minimum absolute atomic E-state index is 0.109. The van der Waals surface area contributed by atoms with Crippen LogP contribution in [0, 0.1) is 18.7 Å². The average molecular weight is 251 g/mol. The molecule has 3 heteroatoms. The fourth-order valence-corrected chi connectivity index (χ4v) is 2.02. The number of aryl methyl sites for hydroxylation is 1. The minimum atomic E-state index is -0.441. The van der Waals surface area contributed by atoms with Crippen LogP contribution in [0.5, 0.6) is 0 Å². The van der Waals surface area contributed by atoms with Gasteiger partial charge in [0, 0.05) is 13.1 Å². The number of benzene rings is 1. The summed E-state index contributed by atoms with van der Waals surface area (Å²) in [5, 5.41) is 0. The number of nitrogens with zero attached hydrogens (tertiary/aromatic N) is 1. The van der Waals surface area contributed by atoms with E-state index in [-0.39, 0.29) is 17.5 Å². The Morgan fingerprint density at radius 3 is 2.44 bits per heavy atom. The van der Waals surface area contributed by atoms with E-state index in [9.17, 15) is 9.18 Å². The highest BCUT2D eigenvalue weighted by molar-refractivity contribution is 5.94. The zero-order valence-corrected chi connectivity index (χ0v) is 11.8. The Kier molecular flexibility index (Phi) is 4.88. The monoisotopic (exact) mass is 251 g/mol. The van der Waals surface area contributed by atoms with Gasteiger partial charge in [-0.25, -0.2) is 4.39 Å². The Bertz CT molecular complexity index is 429. The SMILES string of the molecule is Cc1ccc(C(=O)N(C)C(C)CC(C)C)c(F)c1. The Morgan fingerprint density at radius 2 is 1.94 bits per heavy atom. The maximum Gasteiger partial charge on any atom is 0.256 e. The normalized spacial score (nSPS) is 12.6. The summed E-state index contributed by atoms with van der Waals surface area (Å²) in [5.41, 5.74) is 0.973. The molecular weight excluding hydrogens is 229 g/mol. The van der Waals surface area contributed by atoms with E-state index in [1.54, 1.807) is 24.1 Å². The maximum absolute atomic E-state index is 13.7. The lowest BCUT2D eigenvalue weighted by atomic mass is 10.0. The molecule has 18 heavy (non-hydrogen) atoms. The summed E-state index contributed by atoms with van der Waals surface area (Å²) in [4.78, 5) is 13.8. The predicted octanol–water partition coefficient (Wildman–Crippen LogP) is 3.64. The van der Waals surface area contributed by atoms with Gasteiger partial charge in [-0.2, -0.15) is 0 Å². The minimum Gasteiger partial charge on any atom is -0.339 e. The van der Waals surface area contributed by atoms with Crippen molar-refractivity contribution in [1.82, 2.24) is 4.90 Å². The molecule has 0 saturated carbocycles. The highest BCUT2D eigenvalue weighted by Crippen LogP contribution is 2.16. The Hall–Kier alpha value is -1.38. The fourth-order valence-electron chi connectivity index (χ4n) is 2.02. The van der Waals surface area contributed by atoms with Crippen LogP contribution in [0.2, 0.25) is 0 Å². The average Bonchev–Trinajstić information content (AvgIpc) is 2.26. The number of hydrogen-bond acceptors (Lipinski definition) is 1. The van der Waals surface area contributed by atoms with Crippen LogP contribution in [0.3, 0.4) is 0 Å². The van der Waals surface area contributed by atoms with Gasteiger partial charge in [0.1, 0.15) is 5.82 Å². The van der Waals surface area contributed by atoms with Crippen molar-refractivity contribution in [3.8, 4) is 0 Å². The molecule has 1 aromatic rings. The lowest BCUT2D eigenvalue weighted by Gasteiger charge is -2.26. The lowest BCUT2D eigenvalue weighted by molar-refractivity contribution is 0.0723. The molecule has 0 saturated heterocycles. The first-order chi connectivity index (χ1) is 8.32. The van der Waals surface area contributed by atoms with Crippen molar-refractivity contribution in [3.05, 3.63) is 35.1 Å². The summed E-state index contributed by atoms with van der Waals surface area (Å²) >= 11 is 0. The zero-order chi connectivity index (χ0) is 13.9. The predicted molar refractivity (Wildman–Crippen MR) is 72.1 cm³/mol. The summed E-state index contributed by atoms with van der Waals surface area (Å²) in [5.74, 6) is -0.178. The lowest BCUT2D eigenvalue weighted by Crippen LogP contribution is -2.36. The Morgan fingerprint density at radius 1 is 1.33 bits per heavy atom. The summed E-state index contributed by atoms with van der Waals surface area (Å²) in [6, 6.07) is 4.83. The molecule has 1 unspecified atom stereocenters. The molecule has 100 valence electrons. The molecule has 1 aromatic carbocycles. The van der Waals surface area contributed by atoms with Crippen LogP contribution in [0.25, 0.3) is 0 Å². The standard InChI is InChI=1S/C15H22FNO/c1-10(2)8-12(4)17(5)15(18)13-7-6-11(3)9-14(13)16/h6-7,9-10,12H,8H2,1-5H3. The number of carbonyl (C=O) groups is 1. The molecule has 0 radical (unpaired) electrons. The summed E-state index contributed by atoms with van der Waals surface area (Å²) < 4.78 is 13.7. The van der Waals surface area contributed by atoms with Crippen LogP contribution >= 0.6 is 0 Å². The molecule has 0 heterocycles. The van der Waals surface area contributed by atoms with E-state index in [0.717, 1.165) is 12.0 Å². The molecule has 0 N–H and O–H groups in total. The van der Waals surface area contributed by atoms with Crippen molar-refractivity contribution in [2.75, 3.05) is 7.05 Å². The van der Waals surface area contributed by atoms with Crippen molar-refractivity contribution in [2.24, 2.45) is 5.92 Å². The van der Waals surface area contributed by atoms with Crippen LogP contribution in [-0.4, -0.2) is 23.9 Å². The molecule has 0 aliphatic rings. The smallest absolute Gasteiger partial charge is 0.256 e. The molecule has 0 fully saturated rings. The molecule has 2 nitrogen and oxygen atoms in total. The van der Waals surface area contributed by atoms with Gasteiger partial charge < -0.3 is 4.90 Å². The fraction of sp³-hybridized carbons (Fsp3) is 0.533. The molecule has 1 atom stereocenters. The first kappa shape index (κ1) is 14.7. The van der Waals surface area contributed by atoms with E-state index >= 15 is 0 Å². The van der Waals surface area contributed by atoms with Gasteiger partial charge in [0.2, 0.25) is 0 Å². The van der Waals surface area contributed by atoms with Gasteiger partial charge >= 0.3 is 0 Å². The molecular formula is C15H22FNO. The van der Waals surface area contributed by atoms with E-state index in [1.807, 2.05) is 13.8 Å². The number of hydrogen-bond donors (Lipinski definition) is 0. The van der Waals surface area contributed by atoms with Crippen molar-refractivity contribution in [1.29, 1.82) is 0 Å². The largest absolute Gasteiger partial charge is 0.339 e. The second-order valence-electron chi connectivity index (χ2n) is 5.38. The third kappa shape index (κ3) is 3.56. The molecule has 0 spiro atoms. The first-order valence-electron chi connectivity index (χ1n) is 6.36. The zero-order valence-electron chi connectivity index (χ0n) is 11.8. The van der Waals surface area contributed by atoms with Gasteiger partial charge in [0.25, 0.3) is 5.91 Å². The summed E-state index contributed by atoms with van der Waals surface area (Å²) in [7, 11) is 1.73. The van der Waals surface area contributed by atoms with E-state index in [1.165, 1.54) is 6.07 Å². The van der Waals surface area contributed by atoms with E-state index in [4.69, 9.17) is 0 Å². The summed E-state index contributed by atoms with van der Waals surface area (Å²) in [6.07, 6.45) is 0.912. The number of rotatable bonds is 4. The number of carbonyl (C=O) groups excluding carboxylic acids is 1. The Balaban J connectivity index is 2.86. The van der Waals surface area contributed by atoms with Gasteiger partial charge in [-0.3, -0.25) is 4.79 Å². The Labute approximate surface area is 109 Å². The third-order valence-corrected chi connectivity index (χ3v) is 3.15. The first-order valence-corrected chi connectivity index (χ1v) is 6.36. The van der Waals surface area contributed by atoms with Gasteiger partial charge in [0.15, 0.2) is 0 Å². The molecule has 0 aliphatic heterocycles. The van der Waals surface area contributed by atoms with Gasteiger partial charge in [-0.1, -0.05) is 19.9 Å². The van der Waals surface area contributed by atoms with Crippen LogP contribution in [0.1, 0.15) is 43.1 Å².